The van der Waals surface area contributed by atoms with Crippen LogP contribution in [0.25, 0.3) is 0 Å². The number of hydrogen-bond donors (Lipinski definition) is 0. The summed E-state index contributed by atoms with van der Waals surface area (Å²) in [4.78, 5) is 19.5. The first-order valence-electron chi connectivity index (χ1n) is 7.08. The fourth-order valence-corrected chi connectivity index (χ4v) is 4.16. The Bertz CT molecular complexity index is 432. The lowest BCUT2D eigenvalue weighted by atomic mass is 9.71. The minimum Gasteiger partial charge on any atom is -0.303 e. The van der Waals surface area contributed by atoms with E-state index in [0.717, 1.165) is 31.6 Å². The summed E-state index contributed by atoms with van der Waals surface area (Å²) in [7, 11) is 2.11. The van der Waals surface area contributed by atoms with Crippen molar-refractivity contribution in [2.24, 2.45) is 11.3 Å². The highest BCUT2D eigenvalue weighted by Crippen LogP contribution is 2.38. The van der Waals surface area contributed by atoms with Gasteiger partial charge >= 0.3 is 0 Å². The lowest BCUT2D eigenvalue weighted by Crippen LogP contribution is -2.40. The molecule has 2 atom stereocenters. The van der Waals surface area contributed by atoms with Crippen LogP contribution in [0.3, 0.4) is 0 Å². The molecule has 0 saturated heterocycles. The number of aldehydes is 1. The van der Waals surface area contributed by atoms with Crippen molar-refractivity contribution >= 4 is 17.6 Å². The molecule has 1 aliphatic carbocycles. The van der Waals surface area contributed by atoms with Crippen LogP contribution in [-0.2, 0) is 11.3 Å². The molecule has 2 rings (SSSR count). The topological polar surface area (TPSA) is 33.2 Å². The van der Waals surface area contributed by atoms with Crippen molar-refractivity contribution in [3.05, 3.63) is 16.1 Å². The highest BCUT2D eigenvalue weighted by molar-refractivity contribution is 7.09. The molecule has 19 heavy (non-hydrogen) atoms. The first-order chi connectivity index (χ1) is 9.04. The van der Waals surface area contributed by atoms with Crippen molar-refractivity contribution in [2.45, 2.75) is 46.1 Å². The third-order valence-electron chi connectivity index (χ3n) is 4.22. The Balaban J connectivity index is 1.98. The molecule has 1 aromatic rings. The molecule has 1 saturated carbocycles. The van der Waals surface area contributed by atoms with E-state index in [0.29, 0.717) is 5.92 Å². The predicted octanol–water partition coefficient (Wildman–Crippen LogP) is 3.28. The van der Waals surface area contributed by atoms with Gasteiger partial charge in [-0.15, -0.1) is 11.3 Å². The number of aromatic nitrogens is 1. The van der Waals surface area contributed by atoms with Gasteiger partial charge in [-0.2, -0.15) is 0 Å². The van der Waals surface area contributed by atoms with Crippen LogP contribution >= 0.6 is 11.3 Å². The number of hydrogen-bond acceptors (Lipinski definition) is 4. The van der Waals surface area contributed by atoms with Gasteiger partial charge in [0.25, 0.3) is 0 Å². The predicted molar refractivity (Wildman–Crippen MR) is 79.3 cm³/mol. The van der Waals surface area contributed by atoms with Gasteiger partial charge < -0.3 is 9.69 Å². The molecule has 1 heterocycles. The zero-order chi connectivity index (χ0) is 13.9. The monoisotopic (exact) mass is 280 g/mol. The Morgan fingerprint density at radius 3 is 3.00 bits per heavy atom. The van der Waals surface area contributed by atoms with Crippen molar-refractivity contribution in [1.82, 2.24) is 9.88 Å². The fraction of sp³-hybridized carbons (Fsp3) is 0.733. The third-order valence-corrected chi connectivity index (χ3v) is 5.14. The molecule has 1 fully saturated rings. The first-order valence-corrected chi connectivity index (χ1v) is 7.96. The van der Waals surface area contributed by atoms with E-state index in [4.69, 9.17) is 0 Å². The summed E-state index contributed by atoms with van der Waals surface area (Å²) in [6.07, 6.45) is 5.77. The molecule has 0 aromatic carbocycles. The number of carbonyl (C=O) groups excluding carboxylic acids is 1. The molecule has 0 spiro atoms. The van der Waals surface area contributed by atoms with Crippen molar-refractivity contribution in [1.29, 1.82) is 0 Å². The second kappa shape index (κ2) is 6.14. The van der Waals surface area contributed by atoms with Crippen molar-refractivity contribution < 1.29 is 4.79 Å². The molecule has 3 nitrogen and oxygen atoms in total. The lowest BCUT2D eigenvalue weighted by molar-refractivity contribution is -0.119. The SMILES string of the molecule is Cc1ncsc1CN(C)CC1(C=O)CCCC(C)C1. The van der Waals surface area contributed by atoms with Crippen LogP contribution in [-0.4, -0.2) is 29.8 Å². The lowest BCUT2D eigenvalue weighted by Gasteiger charge is -2.38. The molecule has 4 heteroatoms. The highest BCUT2D eigenvalue weighted by atomic mass is 32.1. The Labute approximate surface area is 120 Å². The van der Waals surface area contributed by atoms with E-state index in [2.05, 4.69) is 30.8 Å². The van der Waals surface area contributed by atoms with E-state index < -0.39 is 0 Å². The van der Waals surface area contributed by atoms with E-state index >= 15 is 0 Å². The largest absolute Gasteiger partial charge is 0.303 e. The number of nitrogens with zero attached hydrogens (tertiary/aromatic N) is 2. The second-order valence-electron chi connectivity index (χ2n) is 6.21. The van der Waals surface area contributed by atoms with E-state index in [1.165, 1.54) is 24.0 Å². The third kappa shape index (κ3) is 3.63. The quantitative estimate of drug-likeness (QED) is 0.776. The minimum atomic E-state index is -0.120. The summed E-state index contributed by atoms with van der Waals surface area (Å²) < 4.78 is 0. The van der Waals surface area contributed by atoms with Gasteiger partial charge in [0.1, 0.15) is 6.29 Å². The van der Waals surface area contributed by atoms with Crippen LogP contribution in [0, 0.1) is 18.3 Å². The number of carbonyl (C=O) groups is 1. The first kappa shape index (κ1) is 14.7. The van der Waals surface area contributed by atoms with E-state index in [9.17, 15) is 4.79 Å². The molecule has 1 aliphatic rings. The van der Waals surface area contributed by atoms with Gasteiger partial charge in [-0.05, 0) is 32.7 Å². The van der Waals surface area contributed by atoms with Crippen LogP contribution in [0.1, 0.15) is 43.2 Å². The van der Waals surface area contributed by atoms with Crippen LogP contribution in [0.2, 0.25) is 0 Å². The molecular formula is C15H24N2OS. The maximum atomic E-state index is 11.6. The molecule has 1 aromatic heterocycles. The summed E-state index contributed by atoms with van der Waals surface area (Å²) in [5.41, 5.74) is 2.90. The average molecular weight is 280 g/mol. The summed E-state index contributed by atoms with van der Waals surface area (Å²) >= 11 is 1.71. The Morgan fingerprint density at radius 2 is 2.42 bits per heavy atom. The molecule has 0 bridgehead atoms. The summed E-state index contributed by atoms with van der Waals surface area (Å²) in [6.45, 7) is 6.10. The normalized spacial score (nSPS) is 27.7. The molecular weight excluding hydrogens is 256 g/mol. The van der Waals surface area contributed by atoms with Gasteiger partial charge in [-0.3, -0.25) is 0 Å². The van der Waals surface area contributed by atoms with Gasteiger partial charge in [0.05, 0.1) is 11.2 Å². The fourth-order valence-electron chi connectivity index (χ4n) is 3.31. The zero-order valence-electron chi connectivity index (χ0n) is 12.2. The summed E-state index contributed by atoms with van der Waals surface area (Å²) in [5.74, 6) is 0.678. The molecule has 2 unspecified atom stereocenters. The molecule has 0 N–H and O–H groups in total. The number of aryl methyl sites for hydroxylation is 1. The van der Waals surface area contributed by atoms with E-state index in [1.807, 2.05) is 5.51 Å². The van der Waals surface area contributed by atoms with Gasteiger partial charge in [0.2, 0.25) is 0 Å². The Kier molecular flexibility index (Phi) is 4.74. The van der Waals surface area contributed by atoms with Crippen molar-refractivity contribution in [2.75, 3.05) is 13.6 Å². The number of thiazole rings is 1. The summed E-state index contributed by atoms with van der Waals surface area (Å²) in [6, 6.07) is 0. The molecule has 0 aliphatic heterocycles. The van der Waals surface area contributed by atoms with Crippen molar-refractivity contribution in [3.8, 4) is 0 Å². The highest BCUT2D eigenvalue weighted by Gasteiger charge is 2.35. The second-order valence-corrected chi connectivity index (χ2v) is 7.15. The minimum absolute atomic E-state index is 0.120. The molecule has 106 valence electrons. The van der Waals surface area contributed by atoms with E-state index in [1.54, 1.807) is 11.3 Å². The van der Waals surface area contributed by atoms with Gasteiger partial charge in [0, 0.05) is 23.4 Å². The standard InChI is InChI=1S/C15H24N2OS/c1-12-5-4-6-15(7-12,10-18)9-17(3)8-14-13(2)16-11-19-14/h10-12H,4-9H2,1-3H3. The summed E-state index contributed by atoms with van der Waals surface area (Å²) in [5, 5.41) is 0. The van der Waals surface area contributed by atoms with Crippen LogP contribution < -0.4 is 0 Å². The maximum Gasteiger partial charge on any atom is 0.127 e. The smallest absolute Gasteiger partial charge is 0.127 e. The molecule has 0 amide bonds. The van der Waals surface area contributed by atoms with Gasteiger partial charge in [-0.1, -0.05) is 19.8 Å². The van der Waals surface area contributed by atoms with Crippen molar-refractivity contribution in [3.63, 3.8) is 0 Å². The Hall–Kier alpha value is -0.740. The maximum absolute atomic E-state index is 11.6. The average Bonchev–Trinajstić information content (AvgIpc) is 2.75. The van der Waals surface area contributed by atoms with Crippen LogP contribution in [0.5, 0.6) is 0 Å². The van der Waals surface area contributed by atoms with E-state index in [-0.39, 0.29) is 5.41 Å². The number of rotatable bonds is 5. The molecule has 0 radical (unpaired) electrons. The van der Waals surface area contributed by atoms with Gasteiger partial charge in [-0.25, -0.2) is 4.98 Å². The Morgan fingerprint density at radius 1 is 1.63 bits per heavy atom. The van der Waals surface area contributed by atoms with Gasteiger partial charge in [0.15, 0.2) is 0 Å². The van der Waals surface area contributed by atoms with Crippen LogP contribution in [0.15, 0.2) is 5.51 Å². The zero-order valence-corrected chi connectivity index (χ0v) is 13.0. The van der Waals surface area contributed by atoms with Crippen LogP contribution in [0.4, 0.5) is 0 Å².